The van der Waals surface area contributed by atoms with Crippen molar-refractivity contribution in [3.05, 3.63) is 0 Å². The molecule has 3 aliphatic heterocycles. The van der Waals surface area contributed by atoms with Crippen LogP contribution in [0.4, 0.5) is 0 Å². The van der Waals surface area contributed by atoms with Crippen LogP contribution in [0.2, 0.25) is 0 Å². The van der Waals surface area contributed by atoms with Crippen molar-refractivity contribution in [1.82, 2.24) is 4.90 Å². The van der Waals surface area contributed by atoms with Crippen molar-refractivity contribution in [3.8, 4) is 0 Å². The standard InChI is InChI=1S/C13H23NO3/c15-9-11-1-4-14(8-11)12-2-5-17-13(7-12)3-6-16-10-13/h11-12,15H,1-10H2. The summed E-state index contributed by atoms with van der Waals surface area (Å²) in [5, 5.41) is 9.22. The average molecular weight is 241 g/mol. The minimum Gasteiger partial charge on any atom is -0.396 e. The molecule has 3 rings (SSSR count). The van der Waals surface area contributed by atoms with Crippen LogP contribution in [-0.2, 0) is 9.47 Å². The van der Waals surface area contributed by atoms with Crippen LogP contribution in [-0.4, -0.2) is 61.2 Å². The molecular formula is C13H23NO3. The molecule has 0 bridgehead atoms. The fourth-order valence-corrected chi connectivity index (χ4v) is 3.52. The number of hydrogen-bond acceptors (Lipinski definition) is 4. The predicted octanol–water partition coefficient (Wildman–Crippen LogP) is 0.639. The van der Waals surface area contributed by atoms with Crippen molar-refractivity contribution in [1.29, 1.82) is 0 Å². The summed E-state index contributed by atoms with van der Waals surface area (Å²) in [6, 6.07) is 0.641. The maximum absolute atomic E-state index is 9.22. The van der Waals surface area contributed by atoms with E-state index >= 15 is 0 Å². The van der Waals surface area contributed by atoms with Crippen LogP contribution in [0, 0.1) is 5.92 Å². The highest BCUT2D eigenvalue weighted by molar-refractivity contribution is 4.95. The third-order valence-electron chi connectivity index (χ3n) is 4.63. The highest BCUT2D eigenvalue weighted by atomic mass is 16.6. The molecule has 4 nitrogen and oxygen atoms in total. The van der Waals surface area contributed by atoms with Gasteiger partial charge in [-0.25, -0.2) is 0 Å². The number of ether oxygens (including phenoxy) is 2. The summed E-state index contributed by atoms with van der Waals surface area (Å²) in [5.41, 5.74) is 0.0141. The highest BCUT2D eigenvalue weighted by Crippen LogP contribution is 2.36. The van der Waals surface area contributed by atoms with Crippen molar-refractivity contribution >= 4 is 0 Å². The summed E-state index contributed by atoms with van der Waals surface area (Å²) in [7, 11) is 0. The Hall–Kier alpha value is -0.160. The first-order chi connectivity index (χ1) is 8.31. The number of aliphatic hydroxyl groups excluding tert-OH is 1. The van der Waals surface area contributed by atoms with E-state index in [0.717, 1.165) is 58.6 Å². The van der Waals surface area contributed by atoms with Crippen molar-refractivity contribution in [3.63, 3.8) is 0 Å². The first-order valence-corrected chi connectivity index (χ1v) is 6.88. The van der Waals surface area contributed by atoms with E-state index in [-0.39, 0.29) is 5.60 Å². The van der Waals surface area contributed by atoms with E-state index in [1.165, 1.54) is 0 Å². The van der Waals surface area contributed by atoms with Crippen molar-refractivity contribution in [2.24, 2.45) is 5.92 Å². The van der Waals surface area contributed by atoms with Gasteiger partial charge in [-0.2, -0.15) is 0 Å². The summed E-state index contributed by atoms with van der Waals surface area (Å²) in [6.07, 6.45) is 4.46. The first-order valence-electron chi connectivity index (χ1n) is 6.88. The number of likely N-dealkylation sites (tertiary alicyclic amines) is 1. The van der Waals surface area contributed by atoms with Crippen molar-refractivity contribution in [2.45, 2.75) is 37.3 Å². The second kappa shape index (κ2) is 4.84. The van der Waals surface area contributed by atoms with E-state index in [1.54, 1.807) is 0 Å². The lowest BCUT2D eigenvalue weighted by molar-refractivity contribution is -0.104. The number of hydrogen-bond donors (Lipinski definition) is 1. The summed E-state index contributed by atoms with van der Waals surface area (Å²) < 4.78 is 11.5. The van der Waals surface area contributed by atoms with Crippen molar-refractivity contribution < 1.29 is 14.6 Å². The van der Waals surface area contributed by atoms with Crippen LogP contribution in [0.15, 0.2) is 0 Å². The maximum Gasteiger partial charge on any atom is 0.0951 e. The second-order valence-electron chi connectivity index (χ2n) is 5.81. The molecule has 17 heavy (non-hydrogen) atoms. The smallest absolute Gasteiger partial charge is 0.0951 e. The van der Waals surface area contributed by atoms with Gasteiger partial charge in [0.2, 0.25) is 0 Å². The molecule has 3 saturated heterocycles. The molecule has 0 aliphatic carbocycles. The van der Waals surface area contributed by atoms with Gasteiger partial charge >= 0.3 is 0 Å². The molecule has 0 amide bonds. The summed E-state index contributed by atoms with van der Waals surface area (Å²) in [5.74, 6) is 0.494. The van der Waals surface area contributed by atoms with Gasteiger partial charge in [-0.15, -0.1) is 0 Å². The van der Waals surface area contributed by atoms with Crippen LogP contribution in [0.1, 0.15) is 25.7 Å². The molecule has 0 radical (unpaired) electrons. The SMILES string of the molecule is OCC1CCN(C2CCOC3(CCOC3)C2)C1. The molecule has 0 aromatic rings. The van der Waals surface area contributed by atoms with E-state index in [4.69, 9.17) is 9.47 Å². The van der Waals surface area contributed by atoms with E-state index in [1.807, 2.05) is 0 Å². The summed E-state index contributed by atoms with van der Waals surface area (Å²) in [6.45, 7) is 5.06. The number of aliphatic hydroxyl groups is 1. The van der Waals surface area contributed by atoms with Gasteiger partial charge < -0.3 is 14.6 Å². The molecule has 3 fully saturated rings. The molecule has 1 N–H and O–H groups in total. The third-order valence-corrected chi connectivity index (χ3v) is 4.63. The zero-order valence-electron chi connectivity index (χ0n) is 10.4. The molecular weight excluding hydrogens is 218 g/mol. The Balaban J connectivity index is 1.60. The molecule has 0 aromatic heterocycles. The van der Waals surface area contributed by atoms with Crippen LogP contribution < -0.4 is 0 Å². The van der Waals surface area contributed by atoms with Crippen LogP contribution in [0.5, 0.6) is 0 Å². The normalized spacial score (nSPS) is 43.6. The Morgan fingerprint density at radius 1 is 1.29 bits per heavy atom. The molecule has 0 saturated carbocycles. The molecule has 3 atom stereocenters. The maximum atomic E-state index is 9.22. The van der Waals surface area contributed by atoms with Crippen molar-refractivity contribution in [2.75, 3.05) is 39.5 Å². The lowest BCUT2D eigenvalue weighted by Crippen LogP contribution is -2.48. The quantitative estimate of drug-likeness (QED) is 0.770. The minimum atomic E-state index is 0.0141. The summed E-state index contributed by atoms with van der Waals surface area (Å²) >= 11 is 0. The molecule has 3 heterocycles. The van der Waals surface area contributed by atoms with E-state index in [2.05, 4.69) is 4.90 Å². The zero-order valence-corrected chi connectivity index (χ0v) is 10.4. The second-order valence-corrected chi connectivity index (χ2v) is 5.81. The van der Waals surface area contributed by atoms with E-state index in [0.29, 0.717) is 18.6 Å². The Morgan fingerprint density at radius 2 is 2.24 bits per heavy atom. The minimum absolute atomic E-state index is 0.0141. The molecule has 1 spiro atoms. The topological polar surface area (TPSA) is 41.9 Å². The number of rotatable bonds is 2. The Morgan fingerprint density at radius 3 is 2.94 bits per heavy atom. The number of nitrogens with zero attached hydrogens (tertiary/aromatic N) is 1. The van der Waals surface area contributed by atoms with Crippen LogP contribution >= 0.6 is 0 Å². The Kier molecular flexibility index (Phi) is 3.39. The van der Waals surface area contributed by atoms with Gasteiger partial charge in [0, 0.05) is 38.8 Å². The Labute approximate surface area is 103 Å². The molecule has 0 aromatic carbocycles. The van der Waals surface area contributed by atoms with Gasteiger partial charge in [0.15, 0.2) is 0 Å². The average Bonchev–Trinajstić information content (AvgIpc) is 2.99. The van der Waals surface area contributed by atoms with Gasteiger partial charge in [0.1, 0.15) is 0 Å². The predicted molar refractivity (Wildman–Crippen MR) is 63.9 cm³/mol. The molecule has 98 valence electrons. The van der Waals surface area contributed by atoms with Gasteiger partial charge in [-0.3, -0.25) is 4.90 Å². The lowest BCUT2D eigenvalue weighted by Gasteiger charge is -2.41. The molecule has 3 aliphatic rings. The fourth-order valence-electron chi connectivity index (χ4n) is 3.52. The van der Waals surface area contributed by atoms with Crippen LogP contribution in [0.3, 0.4) is 0 Å². The third kappa shape index (κ3) is 2.36. The van der Waals surface area contributed by atoms with Gasteiger partial charge in [-0.1, -0.05) is 0 Å². The first kappa shape index (κ1) is 11.9. The van der Waals surface area contributed by atoms with E-state index < -0.39 is 0 Å². The fraction of sp³-hybridized carbons (Fsp3) is 1.00. The monoisotopic (exact) mass is 241 g/mol. The summed E-state index contributed by atoms with van der Waals surface area (Å²) in [4.78, 5) is 2.56. The van der Waals surface area contributed by atoms with E-state index in [9.17, 15) is 5.11 Å². The van der Waals surface area contributed by atoms with Crippen LogP contribution in [0.25, 0.3) is 0 Å². The van der Waals surface area contributed by atoms with Gasteiger partial charge in [0.25, 0.3) is 0 Å². The zero-order chi connectivity index (χ0) is 11.7. The van der Waals surface area contributed by atoms with Gasteiger partial charge in [-0.05, 0) is 31.7 Å². The molecule has 3 unspecified atom stereocenters. The van der Waals surface area contributed by atoms with Gasteiger partial charge in [0.05, 0.1) is 12.2 Å². The highest BCUT2D eigenvalue weighted by Gasteiger charge is 2.43. The lowest BCUT2D eigenvalue weighted by atomic mass is 9.89. The largest absolute Gasteiger partial charge is 0.396 e. The molecule has 4 heteroatoms. The Bertz CT molecular complexity index is 265.